The average Bonchev–Trinajstić information content (AvgIpc) is 2.63. The SMILES string of the molecule is CC(=O)N1C[C@H](COS(C)(=O)=O)c2ccc(O)cc21. The second kappa shape index (κ2) is 4.82. The quantitative estimate of drug-likeness (QED) is 0.831. The van der Waals surface area contributed by atoms with Crippen molar-refractivity contribution in [1.29, 1.82) is 0 Å². The van der Waals surface area contributed by atoms with Gasteiger partial charge in [0.2, 0.25) is 5.91 Å². The lowest BCUT2D eigenvalue weighted by Crippen LogP contribution is -2.28. The largest absolute Gasteiger partial charge is 0.508 e. The van der Waals surface area contributed by atoms with Crippen LogP contribution >= 0.6 is 0 Å². The lowest BCUT2D eigenvalue weighted by atomic mass is 10.0. The second-order valence-corrected chi connectivity index (χ2v) is 6.20. The molecule has 7 heteroatoms. The van der Waals surface area contributed by atoms with Crippen LogP contribution < -0.4 is 4.90 Å². The number of carbonyl (C=O) groups is 1. The van der Waals surface area contributed by atoms with Gasteiger partial charge in [-0.1, -0.05) is 6.07 Å². The van der Waals surface area contributed by atoms with Gasteiger partial charge >= 0.3 is 0 Å². The summed E-state index contributed by atoms with van der Waals surface area (Å²) in [5, 5.41) is 9.48. The van der Waals surface area contributed by atoms with E-state index in [2.05, 4.69) is 0 Å². The number of fused-ring (bicyclic) bond motifs is 1. The van der Waals surface area contributed by atoms with Gasteiger partial charge in [-0.15, -0.1) is 0 Å². The molecule has 1 aromatic carbocycles. The Bertz CT molecular complexity index is 611. The molecule has 6 nitrogen and oxygen atoms in total. The molecule has 104 valence electrons. The fraction of sp³-hybridized carbons (Fsp3) is 0.417. The predicted octanol–water partition coefficient (Wildman–Crippen LogP) is 0.819. The molecule has 0 saturated carbocycles. The van der Waals surface area contributed by atoms with Gasteiger partial charge in [-0.25, -0.2) is 0 Å². The first-order valence-electron chi connectivity index (χ1n) is 5.73. The van der Waals surface area contributed by atoms with E-state index >= 15 is 0 Å². The van der Waals surface area contributed by atoms with E-state index in [0.717, 1.165) is 11.8 Å². The van der Waals surface area contributed by atoms with Gasteiger partial charge in [-0.2, -0.15) is 8.42 Å². The number of carbonyl (C=O) groups excluding carboxylic acids is 1. The van der Waals surface area contributed by atoms with Crippen LogP contribution in [0.5, 0.6) is 5.75 Å². The standard InChI is InChI=1S/C12H15NO5S/c1-8(14)13-6-9(7-18-19(2,16)17)11-4-3-10(15)5-12(11)13/h3-5,9,15H,6-7H2,1-2H3/t9-/m1/s1. The van der Waals surface area contributed by atoms with Crippen molar-refractivity contribution in [2.75, 3.05) is 24.3 Å². The minimum absolute atomic E-state index is 0.0135. The zero-order valence-electron chi connectivity index (χ0n) is 10.7. The Morgan fingerprint density at radius 1 is 1.53 bits per heavy atom. The monoisotopic (exact) mass is 285 g/mol. The number of amides is 1. The van der Waals surface area contributed by atoms with Crippen LogP contribution in [0.15, 0.2) is 18.2 Å². The number of hydrogen-bond acceptors (Lipinski definition) is 5. The van der Waals surface area contributed by atoms with Gasteiger partial charge < -0.3 is 10.0 Å². The maximum Gasteiger partial charge on any atom is 0.264 e. The molecule has 1 N–H and O–H groups in total. The highest BCUT2D eigenvalue weighted by Crippen LogP contribution is 2.38. The third kappa shape index (κ3) is 3.05. The molecule has 0 aromatic heterocycles. The number of benzene rings is 1. The number of hydrogen-bond donors (Lipinski definition) is 1. The summed E-state index contributed by atoms with van der Waals surface area (Å²) in [6.45, 7) is 1.76. The van der Waals surface area contributed by atoms with E-state index in [1.54, 1.807) is 6.07 Å². The summed E-state index contributed by atoms with van der Waals surface area (Å²) in [6, 6.07) is 4.69. The summed E-state index contributed by atoms with van der Waals surface area (Å²) in [5.41, 5.74) is 1.41. The molecule has 0 spiro atoms. The maximum atomic E-state index is 11.6. The van der Waals surface area contributed by atoms with Crippen LogP contribution in [0.3, 0.4) is 0 Å². The van der Waals surface area contributed by atoms with Crippen molar-refractivity contribution in [3.05, 3.63) is 23.8 Å². The summed E-state index contributed by atoms with van der Waals surface area (Å²) in [5.74, 6) is -0.308. The highest BCUT2D eigenvalue weighted by atomic mass is 32.2. The number of rotatable bonds is 3. The van der Waals surface area contributed by atoms with Crippen molar-refractivity contribution >= 4 is 21.7 Å². The third-order valence-corrected chi connectivity index (χ3v) is 3.58. The zero-order valence-corrected chi connectivity index (χ0v) is 11.5. The molecule has 1 atom stereocenters. The molecule has 1 aromatic rings. The molecular formula is C12H15NO5S. The van der Waals surface area contributed by atoms with E-state index in [1.165, 1.54) is 24.0 Å². The van der Waals surface area contributed by atoms with Gasteiger partial charge in [0.1, 0.15) is 5.75 Å². The molecular weight excluding hydrogens is 270 g/mol. The van der Waals surface area contributed by atoms with E-state index < -0.39 is 10.1 Å². The highest BCUT2D eigenvalue weighted by molar-refractivity contribution is 7.85. The van der Waals surface area contributed by atoms with Crippen LogP contribution in [0, 0.1) is 0 Å². The van der Waals surface area contributed by atoms with Crippen LogP contribution in [0.4, 0.5) is 5.69 Å². The molecule has 0 unspecified atom stereocenters. The fourth-order valence-corrected chi connectivity index (χ4v) is 2.59. The van der Waals surface area contributed by atoms with E-state index in [4.69, 9.17) is 4.18 Å². The van der Waals surface area contributed by atoms with Gasteiger partial charge in [0.05, 0.1) is 18.6 Å². The van der Waals surface area contributed by atoms with Crippen LogP contribution in [0.25, 0.3) is 0 Å². The normalized spacial score (nSPS) is 18.4. The van der Waals surface area contributed by atoms with Gasteiger partial charge in [0.15, 0.2) is 0 Å². The number of phenols is 1. The Morgan fingerprint density at radius 3 is 2.79 bits per heavy atom. The molecule has 1 amide bonds. The molecule has 0 radical (unpaired) electrons. The summed E-state index contributed by atoms with van der Waals surface area (Å²) in [4.78, 5) is 13.1. The molecule has 1 aliphatic heterocycles. The van der Waals surface area contributed by atoms with E-state index in [1.807, 2.05) is 0 Å². The Kier molecular flexibility index (Phi) is 3.51. The minimum Gasteiger partial charge on any atom is -0.508 e. The van der Waals surface area contributed by atoms with Crippen molar-refractivity contribution in [2.24, 2.45) is 0 Å². The van der Waals surface area contributed by atoms with Gasteiger partial charge in [-0.3, -0.25) is 8.98 Å². The zero-order chi connectivity index (χ0) is 14.2. The maximum absolute atomic E-state index is 11.6. The third-order valence-electron chi connectivity index (χ3n) is 3.01. The number of phenolic OH excluding ortho intramolecular Hbond substituents is 1. The summed E-state index contributed by atoms with van der Waals surface area (Å²) in [7, 11) is -3.51. The molecule has 2 rings (SSSR count). The molecule has 0 fully saturated rings. The van der Waals surface area contributed by atoms with Crippen molar-refractivity contribution in [3.8, 4) is 5.75 Å². The van der Waals surface area contributed by atoms with Crippen molar-refractivity contribution in [1.82, 2.24) is 0 Å². The summed E-state index contributed by atoms with van der Waals surface area (Å²) >= 11 is 0. The number of nitrogens with zero attached hydrogens (tertiary/aromatic N) is 1. The van der Waals surface area contributed by atoms with Gasteiger partial charge in [0.25, 0.3) is 10.1 Å². The Morgan fingerprint density at radius 2 is 2.21 bits per heavy atom. The van der Waals surface area contributed by atoms with Gasteiger partial charge in [0, 0.05) is 25.5 Å². The topological polar surface area (TPSA) is 83.9 Å². The molecule has 0 aliphatic carbocycles. The van der Waals surface area contributed by atoms with E-state index in [9.17, 15) is 18.3 Å². The first-order chi connectivity index (χ1) is 8.78. The van der Waals surface area contributed by atoms with Crippen molar-refractivity contribution < 1.29 is 22.5 Å². The van der Waals surface area contributed by atoms with E-state index in [0.29, 0.717) is 12.2 Å². The smallest absolute Gasteiger partial charge is 0.264 e. The van der Waals surface area contributed by atoms with E-state index in [-0.39, 0.29) is 24.2 Å². The molecule has 1 heterocycles. The first kappa shape index (κ1) is 13.8. The second-order valence-electron chi connectivity index (χ2n) is 4.56. The van der Waals surface area contributed by atoms with Crippen LogP contribution in [0.2, 0.25) is 0 Å². The summed E-state index contributed by atoms with van der Waals surface area (Å²) < 4.78 is 26.9. The predicted molar refractivity (Wildman–Crippen MR) is 69.7 cm³/mol. The molecule has 19 heavy (non-hydrogen) atoms. The lowest BCUT2D eigenvalue weighted by molar-refractivity contribution is -0.116. The number of aromatic hydroxyl groups is 1. The summed E-state index contributed by atoms with van der Waals surface area (Å²) in [6.07, 6.45) is 0.989. The average molecular weight is 285 g/mol. The lowest BCUT2D eigenvalue weighted by Gasteiger charge is -2.15. The van der Waals surface area contributed by atoms with Crippen LogP contribution in [-0.4, -0.2) is 38.8 Å². The fourth-order valence-electron chi connectivity index (χ4n) is 2.17. The van der Waals surface area contributed by atoms with Gasteiger partial charge in [-0.05, 0) is 11.6 Å². The Hall–Kier alpha value is -1.60. The van der Waals surface area contributed by atoms with Crippen LogP contribution in [-0.2, 0) is 19.1 Å². The first-order valence-corrected chi connectivity index (χ1v) is 7.55. The molecule has 0 saturated heterocycles. The Labute approximate surface area is 111 Å². The van der Waals surface area contributed by atoms with Crippen molar-refractivity contribution in [3.63, 3.8) is 0 Å². The minimum atomic E-state index is -3.51. The number of anilines is 1. The Balaban J connectivity index is 2.29. The molecule has 1 aliphatic rings. The molecule has 0 bridgehead atoms. The van der Waals surface area contributed by atoms with Crippen molar-refractivity contribution in [2.45, 2.75) is 12.8 Å². The van der Waals surface area contributed by atoms with Crippen LogP contribution in [0.1, 0.15) is 18.4 Å². The highest BCUT2D eigenvalue weighted by Gasteiger charge is 2.31.